The summed E-state index contributed by atoms with van der Waals surface area (Å²) < 4.78 is 16.9. The molecule has 0 atom stereocenters. The first kappa shape index (κ1) is 20.1. The van der Waals surface area contributed by atoms with E-state index >= 15 is 0 Å². The van der Waals surface area contributed by atoms with Crippen LogP contribution in [0.4, 0.5) is 10.5 Å². The van der Waals surface area contributed by atoms with Crippen molar-refractivity contribution in [1.29, 1.82) is 0 Å². The quantitative estimate of drug-likeness (QED) is 0.625. The molecule has 0 spiro atoms. The maximum absolute atomic E-state index is 12.8. The molecule has 150 valence electrons. The number of para-hydroxylation sites is 3. The molecule has 29 heavy (non-hydrogen) atoms. The van der Waals surface area contributed by atoms with E-state index in [0.717, 1.165) is 5.56 Å². The van der Waals surface area contributed by atoms with E-state index in [9.17, 15) is 4.79 Å². The van der Waals surface area contributed by atoms with Gasteiger partial charge in [0, 0.05) is 12.6 Å². The first-order chi connectivity index (χ1) is 14.2. The average Bonchev–Trinajstić information content (AvgIpc) is 2.78. The molecule has 0 unspecified atom stereocenters. The number of carbonyl (C=O) groups is 1. The molecular weight excluding hydrogens is 368 g/mol. The molecule has 0 aliphatic carbocycles. The molecule has 3 rings (SSSR count). The number of benzene rings is 3. The van der Waals surface area contributed by atoms with Gasteiger partial charge in [0.15, 0.2) is 5.75 Å². The molecule has 2 amide bonds. The number of hydrogen-bond donors (Lipinski definition) is 1. The zero-order chi connectivity index (χ0) is 20.6. The molecule has 0 aromatic heterocycles. The van der Waals surface area contributed by atoms with Gasteiger partial charge in [-0.15, -0.1) is 0 Å². The van der Waals surface area contributed by atoms with Crippen LogP contribution in [0.3, 0.4) is 0 Å². The summed E-state index contributed by atoms with van der Waals surface area (Å²) in [4.78, 5) is 14.4. The first-order valence-electron chi connectivity index (χ1n) is 9.18. The smallest absolute Gasteiger partial charge is 0.322 e. The Kier molecular flexibility index (Phi) is 6.58. The number of nitrogens with zero attached hydrogens (tertiary/aromatic N) is 1. The summed E-state index contributed by atoms with van der Waals surface area (Å²) in [6.45, 7) is 0.273. The topological polar surface area (TPSA) is 60.0 Å². The van der Waals surface area contributed by atoms with Gasteiger partial charge in [-0.05, 0) is 42.5 Å². The maximum atomic E-state index is 12.8. The lowest BCUT2D eigenvalue weighted by Gasteiger charge is -2.25. The Bertz CT molecular complexity index is 960. The van der Waals surface area contributed by atoms with Crippen LogP contribution in [0.25, 0.3) is 0 Å². The number of nitrogens with one attached hydrogen (secondary N) is 1. The van der Waals surface area contributed by atoms with Gasteiger partial charge in [-0.1, -0.05) is 30.3 Å². The molecule has 6 heteroatoms. The fraction of sp³-hybridized carbons (Fsp3) is 0.174. The summed E-state index contributed by atoms with van der Waals surface area (Å²) in [5.41, 5.74) is 1.45. The minimum absolute atomic E-state index is 0.265. The Labute approximate surface area is 170 Å². The highest BCUT2D eigenvalue weighted by molar-refractivity contribution is 5.93. The summed E-state index contributed by atoms with van der Waals surface area (Å²) in [6.07, 6.45) is 0. The summed E-state index contributed by atoms with van der Waals surface area (Å²) >= 11 is 0. The SMILES string of the molecule is CNC(=O)N(Cc1cc(OC)ccc1OC)c1ccccc1Oc1ccccc1. The van der Waals surface area contributed by atoms with E-state index in [1.165, 1.54) is 0 Å². The van der Waals surface area contributed by atoms with E-state index in [1.54, 1.807) is 26.2 Å². The fourth-order valence-corrected chi connectivity index (χ4v) is 2.96. The lowest BCUT2D eigenvalue weighted by molar-refractivity contribution is 0.247. The van der Waals surface area contributed by atoms with E-state index in [1.807, 2.05) is 72.8 Å². The van der Waals surface area contributed by atoms with Crippen molar-refractivity contribution in [3.8, 4) is 23.0 Å². The van der Waals surface area contributed by atoms with Gasteiger partial charge in [0.2, 0.25) is 0 Å². The largest absolute Gasteiger partial charge is 0.497 e. The number of urea groups is 1. The number of hydrogen-bond acceptors (Lipinski definition) is 4. The van der Waals surface area contributed by atoms with Gasteiger partial charge in [-0.3, -0.25) is 4.90 Å². The van der Waals surface area contributed by atoms with Gasteiger partial charge in [-0.2, -0.15) is 0 Å². The van der Waals surface area contributed by atoms with E-state index in [2.05, 4.69) is 5.32 Å². The van der Waals surface area contributed by atoms with Crippen LogP contribution < -0.4 is 24.4 Å². The van der Waals surface area contributed by atoms with Crippen molar-refractivity contribution in [2.24, 2.45) is 0 Å². The second-order valence-corrected chi connectivity index (χ2v) is 6.20. The standard InChI is InChI=1S/C23H24N2O4/c1-24-23(26)25(16-17-15-19(27-2)13-14-21(17)28-3)20-11-7-8-12-22(20)29-18-9-5-4-6-10-18/h4-15H,16H2,1-3H3,(H,24,26). The lowest BCUT2D eigenvalue weighted by Crippen LogP contribution is -2.38. The Morgan fingerprint density at radius 3 is 2.28 bits per heavy atom. The van der Waals surface area contributed by atoms with E-state index in [4.69, 9.17) is 14.2 Å². The highest BCUT2D eigenvalue weighted by atomic mass is 16.5. The minimum Gasteiger partial charge on any atom is -0.497 e. The monoisotopic (exact) mass is 392 g/mol. The number of amides is 2. The molecular formula is C23H24N2O4. The van der Waals surface area contributed by atoms with E-state index in [0.29, 0.717) is 28.7 Å². The zero-order valence-corrected chi connectivity index (χ0v) is 16.7. The van der Waals surface area contributed by atoms with Gasteiger partial charge < -0.3 is 19.5 Å². The van der Waals surface area contributed by atoms with Crippen molar-refractivity contribution in [1.82, 2.24) is 5.32 Å². The van der Waals surface area contributed by atoms with Crippen LogP contribution in [0.5, 0.6) is 23.0 Å². The predicted octanol–water partition coefficient (Wildman–Crippen LogP) is 4.84. The minimum atomic E-state index is -0.265. The molecule has 0 bridgehead atoms. The molecule has 0 saturated carbocycles. The van der Waals surface area contributed by atoms with Crippen molar-refractivity contribution >= 4 is 11.7 Å². The number of carbonyl (C=O) groups excluding carboxylic acids is 1. The van der Waals surface area contributed by atoms with Crippen LogP contribution in [0, 0.1) is 0 Å². The number of ether oxygens (including phenoxy) is 3. The third-order valence-electron chi connectivity index (χ3n) is 4.40. The second kappa shape index (κ2) is 9.50. The van der Waals surface area contributed by atoms with Gasteiger partial charge in [-0.25, -0.2) is 4.79 Å². The second-order valence-electron chi connectivity index (χ2n) is 6.20. The highest BCUT2D eigenvalue weighted by Gasteiger charge is 2.21. The number of anilines is 1. The molecule has 3 aromatic carbocycles. The molecule has 0 saturated heterocycles. The van der Waals surface area contributed by atoms with Crippen molar-refractivity contribution in [2.45, 2.75) is 6.54 Å². The Balaban J connectivity index is 2.00. The van der Waals surface area contributed by atoms with E-state index in [-0.39, 0.29) is 12.6 Å². The Hall–Kier alpha value is -3.67. The van der Waals surface area contributed by atoms with Crippen molar-refractivity contribution in [3.05, 3.63) is 78.4 Å². The van der Waals surface area contributed by atoms with Crippen LogP contribution in [0.2, 0.25) is 0 Å². The lowest BCUT2D eigenvalue weighted by atomic mass is 10.1. The van der Waals surface area contributed by atoms with Crippen molar-refractivity contribution in [3.63, 3.8) is 0 Å². The molecule has 1 N–H and O–H groups in total. The number of methoxy groups -OCH3 is 2. The van der Waals surface area contributed by atoms with Crippen LogP contribution >= 0.6 is 0 Å². The van der Waals surface area contributed by atoms with Crippen molar-refractivity contribution < 1.29 is 19.0 Å². The Morgan fingerprint density at radius 1 is 0.862 bits per heavy atom. The van der Waals surface area contributed by atoms with Crippen LogP contribution in [0.15, 0.2) is 72.8 Å². The molecule has 6 nitrogen and oxygen atoms in total. The first-order valence-corrected chi connectivity index (χ1v) is 9.18. The van der Waals surface area contributed by atoms with Gasteiger partial charge in [0.25, 0.3) is 0 Å². The molecule has 0 aliphatic heterocycles. The van der Waals surface area contributed by atoms with Crippen LogP contribution in [-0.2, 0) is 6.54 Å². The summed E-state index contributed by atoms with van der Waals surface area (Å²) in [5, 5.41) is 2.70. The zero-order valence-electron chi connectivity index (χ0n) is 16.7. The van der Waals surface area contributed by atoms with E-state index < -0.39 is 0 Å². The van der Waals surface area contributed by atoms with Gasteiger partial charge >= 0.3 is 6.03 Å². The van der Waals surface area contributed by atoms with Gasteiger partial charge in [0.1, 0.15) is 17.2 Å². The molecule has 0 radical (unpaired) electrons. The third-order valence-corrected chi connectivity index (χ3v) is 4.40. The summed E-state index contributed by atoms with van der Waals surface area (Å²) in [6, 6.07) is 22.1. The third kappa shape index (κ3) is 4.79. The van der Waals surface area contributed by atoms with Crippen LogP contribution in [-0.4, -0.2) is 27.3 Å². The highest BCUT2D eigenvalue weighted by Crippen LogP contribution is 2.34. The molecule has 0 heterocycles. The molecule has 0 aliphatic rings. The van der Waals surface area contributed by atoms with Gasteiger partial charge in [0.05, 0.1) is 26.5 Å². The maximum Gasteiger partial charge on any atom is 0.322 e. The Morgan fingerprint density at radius 2 is 1.59 bits per heavy atom. The predicted molar refractivity (Wildman–Crippen MR) is 113 cm³/mol. The summed E-state index contributed by atoms with van der Waals surface area (Å²) in [5.74, 6) is 2.62. The average molecular weight is 392 g/mol. The normalized spacial score (nSPS) is 10.2. The van der Waals surface area contributed by atoms with Crippen molar-refractivity contribution in [2.75, 3.05) is 26.2 Å². The molecule has 0 fully saturated rings. The molecule has 3 aromatic rings. The fourth-order valence-electron chi connectivity index (χ4n) is 2.96. The summed E-state index contributed by atoms with van der Waals surface area (Å²) in [7, 11) is 4.80. The van der Waals surface area contributed by atoms with Crippen LogP contribution in [0.1, 0.15) is 5.56 Å². The number of rotatable bonds is 7.